The van der Waals surface area contributed by atoms with Crippen LogP contribution in [0.25, 0.3) is 0 Å². The zero-order chi connectivity index (χ0) is 25.7. The Hall–Kier alpha value is -2.54. The van der Waals surface area contributed by atoms with E-state index in [4.69, 9.17) is 17.2 Å². The summed E-state index contributed by atoms with van der Waals surface area (Å²) in [4.78, 5) is 53.2. The normalized spacial score (nSPS) is 15.5. The number of aliphatic imine (C=N–C) groups is 1. The van der Waals surface area contributed by atoms with Crippen LogP contribution in [0.4, 0.5) is 0 Å². The molecule has 0 aromatic rings. The SMILES string of the molecule is CCC(C)C(NC(=O)C(NC(=O)C(CS)NC(=O)C(N)CCCN=C(N)N)C(C)C)C(=O)O. The minimum Gasteiger partial charge on any atom is -0.480 e. The van der Waals surface area contributed by atoms with Crippen LogP contribution in [-0.4, -0.2) is 71.2 Å². The molecule has 10 N–H and O–H groups in total. The summed E-state index contributed by atoms with van der Waals surface area (Å²) in [6, 6.07) is -4.01. The van der Waals surface area contributed by atoms with Gasteiger partial charge in [0.1, 0.15) is 18.1 Å². The van der Waals surface area contributed by atoms with Crippen molar-refractivity contribution in [1.82, 2.24) is 16.0 Å². The lowest BCUT2D eigenvalue weighted by Gasteiger charge is -2.28. The van der Waals surface area contributed by atoms with Gasteiger partial charge in [-0.15, -0.1) is 0 Å². The van der Waals surface area contributed by atoms with E-state index in [1.807, 2.05) is 6.92 Å². The highest BCUT2D eigenvalue weighted by Crippen LogP contribution is 2.10. The summed E-state index contributed by atoms with van der Waals surface area (Å²) >= 11 is 4.11. The topological polar surface area (TPSA) is 215 Å². The minimum absolute atomic E-state index is 0.0324. The number of carboxylic acid groups (broad SMARTS) is 1. The van der Waals surface area contributed by atoms with Crippen LogP contribution in [0.3, 0.4) is 0 Å². The van der Waals surface area contributed by atoms with E-state index in [1.54, 1.807) is 20.8 Å². The van der Waals surface area contributed by atoms with Gasteiger partial charge in [-0.3, -0.25) is 19.4 Å². The Morgan fingerprint density at radius 1 is 0.970 bits per heavy atom. The van der Waals surface area contributed by atoms with Crippen molar-refractivity contribution in [2.45, 2.75) is 71.1 Å². The molecule has 0 aliphatic heterocycles. The lowest BCUT2D eigenvalue weighted by Crippen LogP contribution is -2.59. The fourth-order valence-corrected chi connectivity index (χ4v) is 3.10. The Labute approximate surface area is 200 Å². The number of aliphatic carboxylic acids is 1. The van der Waals surface area contributed by atoms with Gasteiger partial charge in [0, 0.05) is 12.3 Å². The smallest absolute Gasteiger partial charge is 0.326 e. The number of carboxylic acids is 1. The van der Waals surface area contributed by atoms with E-state index < -0.39 is 47.9 Å². The van der Waals surface area contributed by atoms with Gasteiger partial charge < -0.3 is 38.3 Å². The Bertz CT molecular complexity index is 700. The molecule has 0 heterocycles. The molecule has 0 spiro atoms. The summed E-state index contributed by atoms with van der Waals surface area (Å²) in [5.74, 6) is -3.68. The third kappa shape index (κ3) is 11.2. The van der Waals surface area contributed by atoms with Crippen LogP contribution >= 0.6 is 12.6 Å². The molecule has 0 fully saturated rings. The van der Waals surface area contributed by atoms with Gasteiger partial charge in [-0.05, 0) is 24.7 Å². The molecular weight excluding hydrogens is 450 g/mol. The van der Waals surface area contributed by atoms with Crippen molar-refractivity contribution < 1.29 is 24.3 Å². The number of nitrogens with two attached hydrogens (primary N) is 3. The molecule has 0 bridgehead atoms. The molecule has 3 amide bonds. The van der Waals surface area contributed by atoms with Gasteiger partial charge in [-0.1, -0.05) is 34.1 Å². The number of hydrogen-bond acceptors (Lipinski definition) is 7. The summed E-state index contributed by atoms with van der Waals surface area (Å²) in [6.07, 6.45) is 1.32. The standard InChI is InChI=1S/C20H39N7O5S/c1-5-11(4)15(19(31)32)27-18(30)14(10(2)3)26-17(29)13(9-33)25-16(28)12(21)7-6-8-24-20(22)23/h10-15,33H,5-9,21H2,1-4H3,(H,25,28)(H,26,29)(H,27,30)(H,31,32)(H4,22,23,24). The van der Waals surface area contributed by atoms with Gasteiger partial charge in [0.2, 0.25) is 17.7 Å². The van der Waals surface area contributed by atoms with Crippen LogP contribution in [0.2, 0.25) is 0 Å². The van der Waals surface area contributed by atoms with Crippen molar-refractivity contribution in [2.24, 2.45) is 34.0 Å². The van der Waals surface area contributed by atoms with Crippen LogP contribution in [0.1, 0.15) is 47.0 Å². The fourth-order valence-electron chi connectivity index (χ4n) is 2.84. The lowest BCUT2D eigenvalue weighted by molar-refractivity contribution is -0.144. The zero-order valence-corrected chi connectivity index (χ0v) is 20.6. The van der Waals surface area contributed by atoms with Crippen LogP contribution in [-0.2, 0) is 19.2 Å². The Kier molecular flexibility index (Phi) is 14.1. The number of carbonyl (C=O) groups excluding carboxylic acids is 3. The van der Waals surface area contributed by atoms with Crippen molar-refractivity contribution in [2.75, 3.05) is 12.3 Å². The molecule has 0 aromatic carbocycles. The van der Waals surface area contributed by atoms with E-state index in [2.05, 4.69) is 33.6 Å². The second-order valence-corrected chi connectivity index (χ2v) is 8.60. The third-order valence-corrected chi connectivity index (χ3v) is 5.51. The molecule has 13 heteroatoms. The van der Waals surface area contributed by atoms with E-state index in [0.717, 1.165) is 0 Å². The average Bonchev–Trinajstić information content (AvgIpc) is 2.74. The molecular formula is C20H39N7O5S. The number of thiol groups is 1. The van der Waals surface area contributed by atoms with Crippen molar-refractivity contribution in [3.63, 3.8) is 0 Å². The first-order valence-electron chi connectivity index (χ1n) is 10.9. The van der Waals surface area contributed by atoms with Gasteiger partial charge in [-0.2, -0.15) is 12.6 Å². The molecule has 33 heavy (non-hydrogen) atoms. The second-order valence-electron chi connectivity index (χ2n) is 8.24. The molecule has 0 saturated carbocycles. The molecule has 190 valence electrons. The number of nitrogens with zero attached hydrogens (tertiary/aromatic N) is 1. The summed E-state index contributed by atoms with van der Waals surface area (Å²) in [5.41, 5.74) is 16.3. The highest BCUT2D eigenvalue weighted by molar-refractivity contribution is 7.80. The first-order chi connectivity index (χ1) is 15.3. The molecule has 0 radical (unpaired) electrons. The molecule has 0 rings (SSSR count). The predicted octanol–water partition coefficient (Wildman–Crippen LogP) is -1.46. The Morgan fingerprint density at radius 2 is 1.55 bits per heavy atom. The quantitative estimate of drug-likeness (QED) is 0.0587. The Balaban J connectivity index is 5.09. The number of guanidine groups is 1. The van der Waals surface area contributed by atoms with Gasteiger partial charge in [0.15, 0.2) is 5.96 Å². The van der Waals surface area contributed by atoms with Crippen molar-refractivity contribution in [3.8, 4) is 0 Å². The Morgan fingerprint density at radius 3 is 2.00 bits per heavy atom. The number of carbonyl (C=O) groups is 4. The first-order valence-corrected chi connectivity index (χ1v) is 11.5. The van der Waals surface area contributed by atoms with Crippen LogP contribution in [0, 0.1) is 11.8 Å². The average molecular weight is 490 g/mol. The predicted molar refractivity (Wildman–Crippen MR) is 129 cm³/mol. The number of nitrogens with one attached hydrogen (secondary N) is 3. The van der Waals surface area contributed by atoms with Crippen molar-refractivity contribution in [3.05, 3.63) is 0 Å². The lowest BCUT2D eigenvalue weighted by atomic mass is 9.97. The summed E-state index contributed by atoms with van der Waals surface area (Å²) < 4.78 is 0. The molecule has 12 nitrogen and oxygen atoms in total. The van der Waals surface area contributed by atoms with Gasteiger partial charge >= 0.3 is 5.97 Å². The second kappa shape index (κ2) is 15.3. The van der Waals surface area contributed by atoms with Gasteiger partial charge in [0.25, 0.3) is 0 Å². The van der Waals surface area contributed by atoms with E-state index in [9.17, 15) is 24.3 Å². The number of amides is 3. The molecule has 5 unspecified atom stereocenters. The van der Waals surface area contributed by atoms with E-state index >= 15 is 0 Å². The third-order valence-electron chi connectivity index (χ3n) is 5.14. The van der Waals surface area contributed by atoms with E-state index in [0.29, 0.717) is 25.8 Å². The zero-order valence-electron chi connectivity index (χ0n) is 19.7. The first kappa shape index (κ1) is 30.5. The largest absolute Gasteiger partial charge is 0.480 e. The van der Waals surface area contributed by atoms with Gasteiger partial charge in [0.05, 0.1) is 6.04 Å². The van der Waals surface area contributed by atoms with Gasteiger partial charge in [-0.25, -0.2) is 4.79 Å². The van der Waals surface area contributed by atoms with Crippen LogP contribution in [0.5, 0.6) is 0 Å². The van der Waals surface area contributed by atoms with Crippen molar-refractivity contribution >= 4 is 42.3 Å². The molecule has 0 saturated heterocycles. The maximum atomic E-state index is 12.7. The monoisotopic (exact) mass is 489 g/mol. The molecule has 0 aliphatic carbocycles. The number of rotatable bonds is 15. The fraction of sp³-hybridized carbons (Fsp3) is 0.750. The van der Waals surface area contributed by atoms with E-state index in [-0.39, 0.29) is 23.5 Å². The molecule has 0 aromatic heterocycles. The maximum absolute atomic E-state index is 12.7. The highest BCUT2D eigenvalue weighted by Gasteiger charge is 2.32. The minimum atomic E-state index is -1.15. The highest BCUT2D eigenvalue weighted by atomic mass is 32.1. The summed E-state index contributed by atoms with van der Waals surface area (Å²) in [7, 11) is 0. The molecule has 5 atom stereocenters. The molecule has 0 aliphatic rings. The summed E-state index contributed by atoms with van der Waals surface area (Å²) in [5, 5.41) is 17.0. The van der Waals surface area contributed by atoms with Crippen molar-refractivity contribution in [1.29, 1.82) is 0 Å². The summed E-state index contributed by atoms with van der Waals surface area (Å²) in [6.45, 7) is 7.28. The van der Waals surface area contributed by atoms with E-state index in [1.165, 1.54) is 0 Å². The maximum Gasteiger partial charge on any atom is 0.326 e. The van der Waals surface area contributed by atoms with Crippen LogP contribution < -0.4 is 33.2 Å². The van der Waals surface area contributed by atoms with Crippen LogP contribution in [0.15, 0.2) is 4.99 Å². The number of hydrogen-bond donors (Lipinski definition) is 8.